The fraction of sp³-hybridized carbons (Fsp3) is 0.867. The molecule has 1 N–H and O–H groups in total. The van der Waals surface area contributed by atoms with E-state index in [1.54, 1.807) is 4.90 Å². The molecule has 1 heterocycles. The van der Waals surface area contributed by atoms with Crippen molar-refractivity contribution in [3.05, 3.63) is 0 Å². The molecule has 116 valence electrons. The molecule has 0 aromatic carbocycles. The first-order chi connectivity index (χ1) is 9.17. The van der Waals surface area contributed by atoms with Crippen molar-refractivity contribution < 1.29 is 9.59 Å². The third kappa shape index (κ3) is 6.37. The summed E-state index contributed by atoms with van der Waals surface area (Å²) in [6, 6.07) is 0. The molecule has 0 radical (unpaired) electrons. The van der Waals surface area contributed by atoms with Crippen molar-refractivity contribution in [1.82, 2.24) is 15.1 Å². The van der Waals surface area contributed by atoms with Crippen LogP contribution in [0, 0.1) is 5.92 Å². The Kier molecular flexibility index (Phi) is 5.99. The lowest BCUT2D eigenvalue weighted by molar-refractivity contribution is -0.134. The summed E-state index contributed by atoms with van der Waals surface area (Å²) in [4.78, 5) is 27.7. The largest absolute Gasteiger partial charge is 0.350 e. The molecule has 2 amide bonds. The van der Waals surface area contributed by atoms with E-state index in [1.807, 2.05) is 32.7 Å². The van der Waals surface area contributed by atoms with Crippen molar-refractivity contribution in [3.8, 4) is 0 Å². The van der Waals surface area contributed by atoms with E-state index in [1.165, 1.54) is 6.42 Å². The van der Waals surface area contributed by atoms with Gasteiger partial charge < -0.3 is 10.2 Å². The van der Waals surface area contributed by atoms with Crippen molar-refractivity contribution >= 4 is 11.8 Å². The number of amides is 2. The van der Waals surface area contributed by atoms with Crippen molar-refractivity contribution in [2.75, 3.05) is 33.2 Å². The molecule has 20 heavy (non-hydrogen) atoms. The van der Waals surface area contributed by atoms with E-state index in [0.717, 1.165) is 19.5 Å². The molecule has 1 saturated heterocycles. The lowest BCUT2D eigenvalue weighted by Gasteiger charge is -2.32. The molecule has 5 nitrogen and oxygen atoms in total. The Morgan fingerprint density at radius 3 is 2.50 bits per heavy atom. The molecule has 5 heteroatoms. The fourth-order valence-corrected chi connectivity index (χ4v) is 2.51. The van der Waals surface area contributed by atoms with E-state index in [0.29, 0.717) is 12.5 Å². The SMILES string of the molecule is C[C@H]1CCCN(C(=O)CN(C)CC(=O)NC(C)(C)C)C1. The van der Waals surface area contributed by atoms with E-state index >= 15 is 0 Å². The van der Waals surface area contributed by atoms with Gasteiger partial charge in [0.1, 0.15) is 0 Å². The van der Waals surface area contributed by atoms with Crippen LogP contribution in [0.5, 0.6) is 0 Å². The summed E-state index contributed by atoms with van der Waals surface area (Å²) in [6.07, 6.45) is 2.29. The smallest absolute Gasteiger partial charge is 0.236 e. The van der Waals surface area contributed by atoms with Crippen LogP contribution >= 0.6 is 0 Å². The van der Waals surface area contributed by atoms with Gasteiger partial charge in [0.05, 0.1) is 13.1 Å². The minimum Gasteiger partial charge on any atom is -0.350 e. The average Bonchev–Trinajstić information content (AvgIpc) is 2.25. The van der Waals surface area contributed by atoms with Crippen LogP contribution in [0.4, 0.5) is 0 Å². The highest BCUT2D eigenvalue weighted by Crippen LogP contribution is 2.15. The van der Waals surface area contributed by atoms with E-state index in [-0.39, 0.29) is 23.9 Å². The van der Waals surface area contributed by atoms with Gasteiger partial charge in [0.25, 0.3) is 0 Å². The summed E-state index contributed by atoms with van der Waals surface area (Å²) >= 11 is 0. The Labute approximate surface area is 122 Å². The molecule has 1 fully saturated rings. The Bertz CT molecular complexity index is 350. The van der Waals surface area contributed by atoms with Crippen LogP contribution in [0.25, 0.3) is 0 Å². The molecule has 0 spiro atoms. The standard InChI is InChI=1S/C15H29N3O2/c1-12-7-6-8-18(9-12)14(20)11-17(5)10-13(19)16-15(2,3)4/h12H,6-11H2,1-5H3,(H,16,19)/t12-/m0/s1. The Hall–Kier alpha value is -1.10. The molecule has 0 saturated carbocycles. The number of nitrogens with one attached hydrogen (secondary N) is 1. The van der Waals surface area contributed by atoms with Gasteiger partial charge in [-0.3, -0.25) is 14.5 Å². The van der Waals surface area contributed by atoms with Crippen LogP contribution in [0.2, 0.25) is 0 Å². The molecule has 0 aromatic heterocycles. The highest BCUT2D eigenvalue weighted by Gasteiger charge is 2.22. The normalized spacial score (nSPS) is 20.1. The third-order valence-electron chi connectivity index (χ3n) is 3.34. The maximum absolute atomic E-state index is 12.2. The van der Waals surface area contributed by atoms with Crippen LogP contribution in [-0.2, 0) is 9.59 Å². The molecular weight excluding hydrogens is 254 g/mol. The number of likely N-dealkylation sites (tertiary alicyclic amines) is 1. The van der Waals surface area contributed by atoms with Gasteiger partial charge in [-0.05, 0) is 46.6 Å². The number of nitrogens with zero attached hydrogens (tertiary/aromatic N) is 2. The van der Waals surface area contributed by atoms with Gasteiger partial charge in [-0.15, -0.1) is 0 Å². The number of piperidine rings is 1. The molecular formula is C15H29N3O2. The summed E-state index contributed by atoms with van der Waals surface area (Å²) in [5, 5.41) is 2.90. The van der Waals surface area contributed by atoms with Crippen molar-refractivity contribution in [3.63, 3.8) is 0 Å². The predicted molar refractivity (Wildman–Crippen MR) is 80.4 cm³/mol. The number of rotatable bonds is 4. The van der Waals surface area contributed by atoms with Gasteiger partial charge in [-0.25, -0.2) is 0 Å². The molecule has 1 rings (SSSR count). The van der Waals surface area contributed by atoms with Crippen LogP contribution in [0.1, 0.15) is 40.5 Å². The Balaban J connectivity index is 2.36. The number of likely N-dealkylation sites (N-methyl/N-ethyl adjacent to an activating group) is 1. The van der Waals surface area contributed by atoms with Crippen LogP contribution in [0.3, 0.4) is 0 Å². The summed E-state index contributed by atoms with van der Waals surface area (Å²) in [5.74, 6) is 0.671. The van der Waals surface area contributed by atoms with Gasteiger partial charge in [-0.2, -0.15) is 0 Å². The molecule has 0 aromatic rings. The van der Waals surface area contributed by atoms with Gasteiger partial charge in [-0.1, -0.05) is 6.92 Å². The number of hydrogen-bond acceptors (Lipinski definition) is 3. The first-order valence-corrected chi connectivity index (χ1v) is 7.44. The summed E-state index contributed by atoms with van der Waals surface area (Å²) in [6.45, 7) is 10.3. The molecule has 0 bridgehead atoms. The Morgan fingerprint density at radius 1 is 1.30 bits per heavy atom. The fourth-order valence-electron chi connectivity index (χ4n) is 2.51. The van der Waals surface area contributed by atoms with Crippen LogP contribution in [-0.4, -0.2) is 60.4 Å². The second kappa shape index (κ2) is 7.07. The maximum atomic E-state index is 12.2. The summed E-state index contributed by atoms with van der Waals surface area (Å²) < 4.78 is 0. The van der Waals surface area contributed by atoms with Crippen molar-refractivity contribution in [2.24, 2.45) is 5.92 Å². The van der Waals surface area contributed by atoms with E-state index in [4.69, 9.17) is 0 Å². The molecule has 0 unspecified atom stereocenters. The van der Waals surface area contributed by atoms with Crippen molar-refractivity contribution in [1.29, 1.82) is 0 Å². The number of carbonyl (C=O) groups is 2. The summed E-state index contributed by atoms with van der Waals surface area (Å²) in [7, 11) is 1.81. The lowest BCUT2D eigenvalue weighted by atomic mass is 10.0. The molecule has 1 aliphatic rings. The maximum Gasteiger partial charge on any atom is 0.236 e. The van der Waals surface area contributed by atoms with E-state index in [2.05, 4.69) is 12.2 Å². The second-order valence-electron chi connectivity index (χ2n) is 7.06. The highest BCUT2D eigenvalue weighted by molar-refractivity contribution is 5.81. The molecule has 1 aliphatic heterocycles. The van der Waals surface area contributed by atoms with Gasteiger partial charge in [0, 0.05) is 18.6 Å². The predicted octanol–water partition coefficient (Wildman–Crippen LogP) is 1.09. The van der Waals surface area contributed by atoms with E-state index in [9.17, 15) is 9.59 Å². The van der Waals surface area contributed by atoms with Crippen LogP contribution < -0.4 is 5.32 Å². The Morgan fingerprint density at radius 2 is 1.95 bits per heavy atom. The first kappa shape index (κ1) is 17.0. The minimum absolute atomic E-state index is 0.0418. The lowest BCUT2D eigenvalue weighted by Crippen LogP contribution is -2.48. The van der Waals surface area contributed by atoms with E-state index < -0.39 is 0 Å². The zero-order chi connectivity index (χ0) is 15.3. The minimum atomic E-state index is -0.232. The number of hydrogen-bond donors (Lipinski definition) is 1. The topological polar surface area (TPSA) is 52.7 Å². The van der Waals surface area contributed by atoms with Crippen molar-refractivity contribution in [2.45, 2.75) is 46.1 Å². The van der Waals surface area contributed by atoms with Gasteiger partial charge in [0.2, 0.25) is 11.8 Å². The average molecular weight is 283 g/mol. The van der Waals surface area contributed by atoms with Gasteiger partial charge >= 0.3 is 0 Å². The molecule has 0 aliphatic carbocycles. The number of carbonyl (C=O) groups excluding carboxylic acids is 2. The highest BCUT2D eigenvalue weighted by atomic mass is 16.2. The molecule has 1 atom stereocenters. The monoisotopic (exact) mass is 283 g/mol. The van der Waals surface area contributed by atoms with Crippen LogP contribution in [0.15, 0.2) is 0 Å². The zero-order valence-electron chi connectivity index (χ0n) is 13.5. The third-order valence-corrected chi connectivity index (χ3v) is 3.34. The van der Waals surface area contributed by atoms with Gasteiger partial charge in [0.15, 0.2) is 0 Å². The quantitative estimate of drug-likeness (QED) is 0.840. The second-order valence-corrected chi connectivity index (χ2v) is 7.06. The zero-order valence-corrected chi connectivity index (χ0v) is 13.5. The first-order valence-electron chi connectivity index (χ1n) is 7.44. The summed E-state index contributed by atoms with van der Waals surface area (Å²) in [5.41, 5.74) is -0.232.